The Labute approximate surface area is 252 Å². The number of likely N-dealkylation sites (N-methyl/N-ethyl adjacent to an activating group) is 1. The van der Waals surface area contributed by atoms with Crippen molar-refractivity contribution in [3.63, 3.8) is 0 Å². The number of amides is 2. The zero-order valence-electron chi connectivity index (χ0n) is 25.8. The molecule has 2 amide bonds. The van der Waals surface area contributed by atoms with Crippen molar-refractivity contribution in [3.8, 4) is 0 Å². The van der Waals surface area contributed by atoms with E-state index in [-0.39, 0.29) is 11.4 Å². The van der Waals surface area contributed by atoms with Gasteiger partial charge >= 0.3 is 12.1 Å². The second-order valence-corrected chi connectivity index (χ2v) is 11.8. The second kappa shape index (κ2) is 14.4. The smallest absolute Gasteiger partial charge is 0.407 e. The van der Waals surface area contributed by atoms with Gasteiger partial charge in [0.15, 0.2) is 0 Å². The van der Waals surface area contributed by atoms with Crippen LogP contribution in [-0.4, -0.2) is 94.8 Å². The SMILES string of the molecule is COC(=O)c1cccc(C(=O)Nc2nc3cc(CN4CCN(C)CC4)ccc3n2CCCCCNC(=O)OC(C)(C)C)n1. The number of carbonyl (C=O) groups is 3. The number of hydrogen-bond donors (Lipinski definition) is 2. The van der Waals surface area contributed by atoms with Gasteiger partial charge in [-0.1, -0.05) is 12.1 Å². The van der Waals surface area contributed by atoms with E-state index in [2.05, 4.69) is 50.7 Å². The summed E-state index contributed by atoms with van der Waals surface area (Å²) in [5, 5.41) is 5.70. The first-order valence-corrected chi connectivity index (χ1v) is 14.8. The molecule has 0 spiro atoms. The molecule has 1 fully saturated rings. The van der Waals surface area contributed by atoms with Crippen LogP contribution in [0.2, 0.25) is 0 Å². The molecule has 12 heteroatoms. The van der Waals surface area contributed by atoms with E-state index >= 15 is 0 Å². The maximum atomic E-state index is 13.2. The predicted octanol–water partition coefficient (Wildman–Crippen LogP) is 3.91. The lowest BCUT2D eigenvalue weighted by Gasteiger charge is -2.32. The maximum absolute atomic E-state index is 13.2. The Balaban J connectivity index is 1.47. The standard InChI is InChI=1S/C31H43N7O5/c1-31(2,3)43-30(41)32-14-7-6-8-15-38-26-13-12-22(21-37-18-16-36(4)17-19-37)20-25(26)34-29(38)35-27(39)23-10-9-11-24(33-23)28(40)42-5/h9-13,20H,6-8,14-19,21H2,1-5H3,(H,32,41)(H,34,35,39). The number of methoxy groups -OCH3 is 1. The molecule has 0 radical (unpaired) electrons. The fourth-order valence-corrected chi connectivity index (χ4v) is 4.88. The number of esters is 1. The summed E-state index contributed by atoms with van der Waals surface area (Å²) in [5.41, 5.74) is 2.49. The number of imidazole rings is 1. The summed E-state index contributed by atoms with van der Waals surface area (Å²) in [6.07, 6.45) is 2.03. The van der Waals surface area contributed by atoms with Crippen LogP contribution in [0.5, 0.6) is 0 Å². The molecule has 2 N–H and O–H groups in total. The lowest BCUT2D eigenvalue weighted by atomic mass is 10.1. The molecule has 0 saturated carbocycles. The van der Waals surface area contributed by atoms with Gasteiger partial charge in [0.05, 0.1) is 18.1 Å². The van der Waals surface area contributed by atoms with Gasteiger partial charge in [-0.05, 0) is 76.9 Å². The third-order valence-corrected chi connectivity index (χ3v) is 7.14. The molecule has 4 rings (SSSR count). The van der Waals surface area contributed by atoms with Crippen LogP contribution in [0.1, 0.15) is 66.6 Å². The molecule has 1 aliphatic heterocycles. The van der Waals surface area contributed by atoms with Gasteiger partial charge < -0.3 is 24.3 Å². The summed E-state index contributed by atoms with van der Waals surface area (Å²) in [6.45, 7) is 11.6. The first-order valence-electron chi connectivity index (χ1n) is 14.8. The number of rotatable bonds is 11. The summed E-state index contributed by atoms with van der Waals surface area (Å²) in [5.74, 6) is -0.675. The number of anilines is 1. The van der Waals surface area contributed by atoms with Gasteiger partial charge in [-0.3, -0.25) is 15.0 Å². The number of unbranched alkanes of at least 4 members (excludes halogenated alkanes) is 2. The van der Waals surface area contributed by atoms with Gasteiger partial charge in [-0.15, -0.1) is 0 Å². The second-order valence-electron chi connectivity index (χ2n) is 11.8. The van der Waals surface area contributed by atoms with Gasteiger partial charge in [0.1, 0.15) is 17.0 Å². The topological polar surface area (TPSA) is 131 Å². The summed E-state index contributed by atoms with van der Waals surface area (Å²) >= 11 is 0. The van der Waals surface area contributed by atoms with Crippen LogP contribution in [0, 0.1) is 0 Å². The number of benzene rings is 1. The molecular formula is C31H43N7O5. The van der Waals surface area contributed by atoms with Gasteiger partial charge in [0, 0.05) is 45.8 Å². The molecule has 1 aliphatic rings. The highest BCUT2D eigenvalue weighted by Crippen LogP contribution is 2.24. The molecular weight excluding hydrogens is 550 g/mol. The minimum Gasteiger partial charge on any atom is -0.464 e. The zero-order valence-corrected chi connectivity index (χ0v) is 25.8. The van der Waals surface area contributed by atoms with Gasteiger partial charge in [-0.2, -0.15) is 0 Å². The Morgan fingerprint density at radius 3 is 2.42 bits per heavy atom. The number of nitrogens with one attached hydrogen (secondary N) is 2. The average molecular weight is 594 g/mol. The Kier molecular flexibility index (Phi) is 10.7. The van der Waals surface area contributed by atoms with E-state index in [0.717, 1.165) is 63.0 Å². The van der Waals surface area contributed by atoms with Crippen molar-refractivity contribution in [1.29, 1.82) is 0 Å². The number of aromatic nitrogens is 3. The number of aryl methyl sites for hydroxylation is 1. The van der Waals surface area contributed by atoms with Crippen LogP contribution in [-0.2, 0) is 22.6 Å². The summed E-state index contributed by atoms with van der Waals surface area (Å²) < 4.78 is 12.0. The molecule has 0 aliphatic carbocycles. The number of hydrogen-bond acceptors (Lipinski definition) is 9. The van der Waals surface area contributed by atoms with E-state index in [1.54, 1.807) is 12.1 Å². The van der Waals surface area contributed by atoms with Crippen molar-refractivity contribution in [2.45, 2.75) is 58.7 Å². The number of carbonyl (C=O) groups excluding carboxylic acids is 3. The summed E-state index contributed by atoms with van der Waals surface area (Å²) in [4.78, 5) is 50.8. The first-order chi connectivity index (χ1) is 20.5. The number of ether oxygens (including phenoxy) is 2. The normalized spacial score (nSPS) is 14.4. The minimum atomic E-state index is -0.615. The lowest BCUT2D eigenvalue weighted by molar-refractivity contribution is 0.0525. The van der Waals surface area contributed by atoms with Crippen molar-refractivity contribution in [1.82, 2.24) is 29.7 Å². The predicted molar refractivity (Wildman–Crippen MR) is 164 cm³/mol. The molecule has 43 heavy (non-hydrogen) atoms. The third kappa shape index (κ3) is 9.23. The molecule has 12 nitrogen and oxygen atoms in total. The van der Waals surface area contributed by atoms with E-state index in [4.69, 9.17) is 14.5 Å². The minimum absolute atomic E-state index is 0.0530. The molecule has 0 atom stereocenters. The molecule has 1 saturated heterocycles. The lowest BCUT2D eigenvalue weighted by Crippen LogP contribution is -2.43. The zero-order chi connectivity index (χ0) is 31.0. The Bertz CT molecular complexity index is 1420. The summed E-state index contributed by atoms with van der Waals surface area (Å²) in [6, 6.07) is 10.9. The van der Waals surface area contributed by atoms with Crippen LogP contribution in [0.25, 0.3) is 11.0 Å². The molecule has 3 heterocycles. The van der Waals surface area contributed by atoms with Crippen LogP contribution in [0.15, 0.2) is 36.4 Å². The van der Waals surface area contributed by atoms with Crippen LogP contribution >= 0.6 is 0 Å². The number of fused-ring (bicyclic) bond motifs is 1. The first kappa shape index (κ1) is 31.9. The third-order valence-electron chi connectivity index (χ3n) is 7.14. The van der Waals surface area contributed by atoms with E-state index in [1.807, 2.05) is 25.3 Å². The van der Waals surface area contributed by atoms with Gasteiger partial charge in [0.2, 0.25) is 5.95 Å². The van der Waals surface area contributed by atoms with E-state index < -0.39 is 23.6 Å². The molecule has 0 bridgehead atoms. The highest BCUT2D eigenvalue weighted by atomic mass is 16.6. The van der Waals surface area contributed by atoms with E-state index in [1.165, 1.54) is 18.7 Å². The number of alkyl carbamates (subject to hydrolysis) is 1. The maximum Gasteiger partial charge on any atom is 0.407 e. The molecule has 0 unspecified atom stereocenters. The molecule has 2 aromatic heterocycles. The van der Waals surface area contributed by atoms with Crippen LogP contribution in [0.4, 0.5) is 10.7 Å². The average Bonchev–Trinajstić information content (AvgIpc) is 3.30. The van der Waals surface area contributed by atoms with Crippen molar-refractivity contribution in [2.24, 2.45) is 0 Å². The van der Waals surface area contributed by atoms with E-state index in [0.29, 0.717) is 19.0 Å². The number of nitrogens with zero attached hydrogens (tertiary/aromatic N) is 5. The van der Waals surface area contributed by atoms with Crippen molar-refractivity contribution < 1.29 is 23.9 Å². The Hall–Kier alpha value is -4.03. The van der Waals surface area contributed by atoms with Crippen molar-refractivity contribution in [3.05, 3.63) is 53.3 Å². The molecule has 1 aromatic carbocycles. The van der Waals surface area contributed by atoms with Gasteiger partial charge in [0.25, 0.3) is 5.91 Å². The highest BCUT2D eigenvalue weighted by Gasteiger charge is 2.19. The van der Waals surface area contributed by atoms with Crippen molar-refractivity contribution in [2.75, 3.05) is 52.2 Å². The highest BCUT2D eigenvalue weighted by molar-refractivity contribution is 6.03. The van der Waals surface area contributed by atoms with Crippen LogP contribution in [0.3, 0.4) is 0 Å². The molecule has 3 aromatic rings. The van der Waals surface area contributed by atoms with Crippen LogP contribution < -0.4 is 10.6 Å². The van der Waals surface area contributed by atoms with Crippen molar-refractivity contribution >= 4 is 35.0 Å². The van der Waals surface area contributed by atoms with Gasteiger partial charge in [-0.25, -0.2) is 19.6 Å². The number of piperazine rings is 1. The Morgan fingerprint density at radius 2 is 1.70 bits per heavy atom. The number of pyridine rings is 1. The largest absolute Gasteiger partial charge is 0.464 e. The quantitative estimate of drug-likeness (QED) is 0.251. The fourth-order valence-electron chi connectivity index (χ4n) is 4.88. The monoisotopic (exact) mass is 593 g/mol. The molecule has 232 valence electrons. The fraction of sp³-hybridized carbons (Fsp3) is 0.516. The Morgan fingerprint density at radius 1 is 0.953 bits per heavy atom. The van der Waals surface area contributed by atoms with E-state index in [9.17, 15) is 14.4 Å². The summed E-state index contributed by atoms with van der Waals surface area (Å²) in [7, 11) is 3.41.